The summed E-state index contributed by atoms with van der Waals surface area (Å²) in [5.41, 5.74) is -1.13. The maximum Gasteiger partial charge on any atom is 0.324 e. The molecular weight excluding hydrogens is 244 g/mol. The number of hydrogen-bond donors (Lipinski definition) is 2. The van der Waals surface area contributed by atoms with Gasteiger partial charge in [0.05, 0.1) is 6.54 Å². The van der Waals surface area contributed by atoms with Gasteiger partial charge in [-0.3, -0.25) is 14.5 Å². The van der Waals surface area contributed by atoms with Gasteiger partial charge >= 0.3 is 5.97 Å². The summed E-state index contributed by atoms with van der Waals surface area (Å²) in [4.78, 5) is 25.4. The number of carboxylic acids is 1. The maximum atomic E-state index is 12.0. The molecule has 0 aromatic heterocycles. The molecular formula is C14H26N2O3. The first-order chi connectivity index (χ1) is 8.71. The van der Waals surface area contributed by atoms with Crippen LogP contribution in [0.15, 0.2) is 0 Å². The average Bonchev–Trinajstić information content (AvgIpc) is 2.60. The number of likely N-dealkylation sites (tertiary alicyclic amines) is 1. The highest BCUT2D eigenvalue weighted by Crippen LogP contribution is 2.33. The summed E-state index contributed by atoms with van der Waals surface area (Å²) in [5.74, 6) is -0.897. The van der Waals surface area contributed by atoms with Crippen molar-refractivity contribution >= 4 is 11.9 Å². The molecule has 1 unspecified atom stereocenters. The van der Waals surface area contributed by atoms with Crippen molar-refractivity contribution in [2.24, 2.45) is 0 Å². The minimum absolute atomic E-state index is 0.101. The second kappa shape index (κ2) is 5.90. The highest BCUT2D eigenvalue weighted by atomic mass is 16.4. The standard InChI is InChI=1S/C14H26N2O3/c1-5-7-14(12(18)19)8-6-9-16(14)10-11(17)15-13(2,3)4/h5-10H2,1-4H3,(H,15,17)(H,18,19). The second-order valence-electron chi connectivity index (χ2n) is 6.41. The van der Waals surface area contributed by atoms with Crippen LogP contribution in [0.25, 0.3) is 0 Å². The monoisotopic (exact) mass is 270 g/mol. The van der Waals surface area contributed by atoms with Crippen LogP contribution in [0.4, 0.5) is 0 Å². The highest BCUT2D eigenvalue weighted by molar-refractivity contribution is 5.83. The Labute approximate surface area is 115 Å². The van der Waals surface area contributed by atoms with E-state index in [2.05, 4.69) is 5.32 Å². The predicted molar refractivity (Wildman–Crippen MR) is 74.0 cm³/mol. The summed E-state index contributed by atoms with van der Waals surface area (Å²) >= 11 is 0. The van der Waals surface area contributed by atoms with Crippen molar-refractivity contribution in [3.8, 4) is 0 Å². The molecule has 0 saturated carbocycles. The van der Waals surface area contributed by atoms with Gasteiger partial charge in [0, 0.05) is 5.54 Å². The molecule has 0 bridgehead atoms. The summed E-state index contributed by atoms with van der Waals surface area (Å²) in [6.07, 6.45) is 2.89. The summed E-state index contributed by atoms with van der Waals surface area (Å²) < 4.78 is 0. The number of rotatable bonds is 5. The third-order valence-electron chi connectivity index (χ3n) is 3.53. The molecule has 110 valence electrons. The molecule has 1 atom stereocenters. The Bertz CT molecular complexity index is 349. The Kier molecular flexibility index (Phi) is 4.96. The van der Waals surface area contributed by atoms with E-state index in [9.17, 15) is 14.7 Å². The fraction of sp³-hybridized carbons (Fsp3) is 0.857. The summed E-state index contributed by atoms with van der Waals surface area (Å²) in [6, 6.07) is 0. The smallest absolute Gasteiger partial charge is 0.324 e. The van der Waals surface area contributed by atoms with Gasteiger partial charge in [-0.05, 0) is 46.6 Å². The van der Waals surface area contributed by atoms with Crippen molar-refractivity contribution in [3.63, 3.8) is 0 Å². The minimum atomic E-state index is -0.843. The van der Waals surface area contributed by atoms with E-state index in [-0.39, 0.29) is 18.0 Å². The van der Waals surface area contributed by atoms with Crippen molar-refractivity contribution in [3.05, 3.63) is 0 Å². The molecule has 5 heteroatoms. The van der Waals surface area contributed by atoms with E-state index < -0.39 is 11.5 Å². The molecule has 1 rings (SSSR count). The van der Waals surface area contributed by atoms with Crippen molar-refractivity contribution in [2.75, 3.05) is 13.1 Å². The molecule has 1 fully saturated rings. The molecule has 0 aromatic rings. The lowest BCUT2D eigenvalue weighted by Crippen LogP contribution is -2.55. The number of carbonyl (C=O) groups excluding carboxylic acids is 1. The number of aliphatic carboxylic acids is 1. The molecule has 1 amide bonds. The third kappa shape index (κ3) is 3.93. The lowest BCUT2D eigenvalue weighted by Gasteiger charge is -2.34. The number of carboxylic acid groups (broad SMARTS) is 1. The fourth-order valence-electron chi connectivity index (χ4n) is 2.84. The van der Waals surface area contributed by atoms with Gasteiger partial charge in [0.2, 0.25) is 5.91 Å². The Balaban J connectivity index is 2.75. The first-order valence-corrected chi connectivity index (χ1v) is 7.01. The lowest BCUT2D eigenvalue weighted by atomic mass is 9.90. The Hall–Kier alpha value is -1.10. The third-order valence-corrected chi connectivity index (χ3v) is 3.53. The SMILES string of the molecule is CCCC1(C(=O)O)CCCN1CC(=O)NC(C)(C)C. The molecule has 0 radical (unpaired) electrons. The van der Waals surface area contributed by atoms with Gasteiger partial charge in [0.1, 0.15) is 5.54 Å². The van der Waals surface area contributed by atoms with Crippen LogP contribution < -0.4 is 5.32 Å². The van der Waals surface area contributed by atoms with Crippen molar-refractivity contribution in [2.45, 2.75) is 64.5 Å². The van der Waals surface area contributed by atoms with Gasteiger partial charge in [-0.15, -0.1) is 0 Å². The number of carbonyl (C=O) groups is 2. The van der Waals surface area contributed by atoms with Crippen LogP contribution in [0.3, 0.4) is 0 Å². The fourth-order valence-corrected chi connectivity index (χ4v) is 2.84. The van der Waals surface area contributed by atoms with Crippen LogP contribution in [0.1, 0.15) is 53.4 Å². The van der Waals surface area contributed by atoms with Crippen LogP contribution in [-0.4, -0.2) is 46.1 Å². The van der Waals surface area contributed by atoms with E-state index in [0.717, 1.165) is 12.8 Å². The summed E-state index contributed by atoms with van der Waals surface area (Å²) in [6.45, 7) is 8.60. The van der Waals surface area contributed by atoms with Crippen LogP contribution in [-0.2, 0) is 9.59 Å². The van der Waals surface area contributed by atoms with Crippen molar-refractivity contribution in [1.29, 1.82) is 0 Å². The van der Waals surface area contributed by atoms with Gasteiger partial charge < -0.3 is 10.4 Å². The van der Waals surface area contributed by atoms with Gasteiger partial charge in [-0.2, -0.15) is 0 Å². The molecule has 1 aliphatic rings. The van der Waals surface area contributed by atoms with E-state index >= 15 is 0 Å². The van der Waals surface area contributed by atoms with Crippen LogP contribution >= 0.6 is 0 Å². The van der Waals surface area contributed by atoms with Crippen LogP contribution in [0, 0.1) is 0 Å². The quantitative estimate of drug-likeness (QED) is 0.796. The van der Waals surface area contributed by atoms with Crippen molar-refractivity contribution in [1.82, 2.24) is 10.2 Å². The summed E-state index contributed by atoms with van der Waals surface area (Å²) in [7, 11) is 0. The van der Waals surface area contributed by atoms with E-state index in [0.29, 0.717) is 19.4 Å². The number of hydrogen-bond acceptors (Lipinski definition) is 3. The molecule has 0 aromatic carbocycles. The zero-order chi connectivity index (χ0) is 14.7. The average molecular weight is 270 g/mol. The Morgan fingerprint density at radius 1 is 1.37 bits per heavy atom. The maximum absolute atomic E-state index is 12.0. The Morgan fingerprint density at radius 3 is 2.47 bits per heavy atom. The molecule has 5 nitrogen and oxygen atoms in total. The molecule has 19 heavy (non-hydrogen) atoms. The predicted octanol–water partition coefficient (Wildman–Crippen LogP) is 1.62. The molecule has 2 N–H and O–H groups in total. The van der Waals surface area contributed by atoms with Gasteiger partial charge in [0.25, 0.3) is 0 Å². The van der Waals surface area contributed by atoms with Crippen LogP contribution in [0.2, 0.25) is 0 Å². The first kappa shape index (κ1) is 16.0. The normalized spacial score (nSPS) is 24.4. The van der Waals surface area contributed by atoms with Gasteiger partial charge in [-0.1, -0.05) is 13.3 Å². The largest absolute Gasteiger partial charge is 0.480 e. The molecule has 1 saturated heterocycles. The van der Waals surface area contributed by atoms with Gasteiger partial charge in [-0.25, -0.2) is 0 Å². The van der Waals surface area contributed by atoms with E-state index in [1.807, 2.05) is 32.6 Å². The van der Waals surface area contributed by atoms with Crippen LogP contribution in [0.5, 0.6) is 0 Å². The summed E-state index contributed by atoms with van der Waals surface area (Å²) in [5, 5.41) is 12.4. The number of amides is 1. The first-order valence-electron chi connectivity index (χ1n) is 7.01. The number of nitrogens with one attached hydrogen (secondary N) is 1. The number of nitrogens with zero attached hydrogens (tertiary/aromatic N) is 1. The van der Waals surface area contributed by atoms with E-state index in [1.165, 1.54) is 0 Å². The van der Waals surface area contributed by atoms with E-state index in [1.54, 1.807) is 0 Å². The van der Waals surface area contributed by atoms with Crippen molar-refractivity contribution < 1.29 is 14.7 Å². The Morgan fingerprint density at radius 2 is 2.00 bits per heavy atom. The molecule has 1 aliphatic heterocycles. The van der Waals surface area contributed by atoms with E-state index in [4.69, 9.17) is 0 Å². The van der Waals surface area contributed by atoms with Gasteiger partial charge in [0.15, 0.2) is 0 Å². The molecule has 0 aliphatic carbocycles. The highest BCUT2D eigenvalue weighted by Gasteiger charge is 2.47. The topological polar surface area (TPSA) is 69.6 Å². The second-order valence-corrected chi connectivity index (χ2v) is 6.41. The molecule has 0 spiro atoms. The zero-order valence-corrected chi connectivity index (χ0v) is 12.5. The minimum Gasteiger partial charge on any atom is -0.480 e. The zero-order valence-electron chi connectivity index (χ0n) is 12.5. The lowest BCUT2D eigenvalue weighted by molar-refractivity contribution is -0.151. The molecule has 1 heterocycles.